The van der Waals surface area contributed by atoms with Gasteiger partial charge in [0.05, 0.1) is 34.6 Å². The Hall–Kier alpha value is -3.71. The third kappa shape index (κ3) is 6.98. The molecule has 0 radical (unpaired) electrons. The highest BCUT2D eigenvalue weighted by molar-refractivity contribution is 6.31. The van der Waals surface area contributed by atoms with Gasteiger partial charge in [-0.1, -0.05) is 17.7 Å². The molecule has 5 rings (SSSR count). The van der Waals surface area contributed by atoms with E-state index >= 15 is 0 Å². The van der Waals surface area contributed by atoms with E-state index in [1.165, 1.54) is 37.8 Å². The number of hydrogen-bond acceptors (Lipinski definition) is 8. The number of aliphatic hydroxyl groups is 1. The number of benzene rings is 2. The smallest absolute Gasteiger partial charge is 0.144 e. The largest absolute Gasteiger partial charge is 0.495 e. The zero-order chi connectivity index (χ0) is 27.7. The number of aliphatic hydroxyl groups excluding tert-OH is 1. The van der Waals surface area contributed by atoms with Crippen LogP contribution < -0.4 is 15.4 Å². The number of rotatable bonds is 7. The highest BCUT2D eigenvalue weighted by Crippen LogP contribution is 2.44. The standard InChI is InChI=1S/C18H14ClFN4O.C9H13NO.CH4O/c1-22-16-6-12-15(7-17(16)25-2)23-9-10(8-21)18(12)24-11-3-4-14(20)13(19)5-11;11-4-2-1-3-10-6-8-5-9(8)7-10;1-2/h3-7,9,22H,1-2H3,(H,23,24);1-2,4,8-9H,3,5-7H2;2H,1H3/b;2-1+;/t;8-,9+;. The van der Waals surface area contributed by atoms with Gasteiger partial charge in [0.2, 0.25) is 0 Å². The first-order valence-corrected chi connectivity index (χ1v) is 12.4. The number of hydrogen-bond donors (Lipinski definition) is 3. The molecule has 1 saturated heterocycles. The molecule has 2 fully saturated rings. The van der Waals surface area contributed by atoms with E-state index < -0.39 is 5.82 Å². The van der Waals surface area contributed by atoms with Crippen molar-refractivity contribution >= 4 is 45.9 Å². The lowest BCUT2D eigenvalue weighted by molar-refractivity contribution is -0.104. The molecule has 0 spiro atoms. The van der Waals surface area contributed by atoms with Crippen LogP contribution in [0.15, 0.2) is 48.7 Å². The second-order valence-corrected chi connectivity index (χ2v) is 9.18. The predicted molar refractivity (Wildman–Crippen MR) is 149 cm³/mol. The van der Waals surface area contributed by atoms with Crippen LogP contribution in [0.25, 0.3) is 10.9 Å². The monoisotopic (exact) mass is 539 g/mol. The lowest BCUT2D eigenvalue weighted by Gasteiger charge is -2.15. The number of aldehydes is 1. The maximum atomic E-state index is 13.4. The van der Waals surface area contributed by atoms with Crippen molar-refractivity contribution in [3.8, 4) is 11.8 Å². The molecule has 0 bridgehead atoms. The normalized spacial score (nSPS) is 17.4. The average Bonchev–Trinajstić information content (AvgIpc) is 3.56. The summed E-state index contributed by atoms with van der Waals surface area (Å²) in [6.07, 6.45) is 7.31. The molecule has 3 N–H and O–H groups in total. The number of piperidine rings is 1. The van der Waals surface area contributed by atoms with E-state index in [0.29, 0.717) is 28.2 Å². The highest BCUT2D eigenvalue weighted by atomic mass is 35.5. The number of likely N-dealkylation sites (tertiary alicyclic amines) is 1. The quantitative estimate of drug-likeness (QED) is 0.284. The topological polar surface area (TPSA) is 111 Å². The van der Waals surface area contributed by atoms with E-state index in [9.17, 15) is 14.4 Å². The number of halogens is 2. The van der Waals surface area contributed by atoms with Gasteiger partial charge in [-0.3, -0.25) is 14.7 Å². The molecule has 0 unspecified atom stereocenters. The Morgan fingerprint density at radius 2 is 2.03 bits per heavy atom. The van der Waals surface area contributed by atoms with E-state index in [-0.39, 0.29) is 5.02 Å². The minimum atomic E-state index is -0.505. The van der Waals surface area contributed by atoms with Crippen LogP contribution >= 0.6 is 11.6 Å². The zero-order valence-electron chi connectivity index (χ0n) is 21.5. The van der Waals surface area contributed by atoms with Gasteiger partial charge in [0, 0.05) is 57.1 Å². The van der Waals surface area contributed by atoms with Gasteiger partial charge in [0.1, 0.15) is 23.9 Å². The van der Waals surface area contributed by atoms with E-state index in [0.717, 1.165) is 42.9 Å². The molecule has 38 heavy (non-hydrogen) atoms. The number of anilines is 3. The molecule has 10 heteroatoms. The van der Waals surface area contributed by atoms with Gasteiger partial charge in [0.25, 0.3) is 0 Å². The van der Waals surface area contributed by atoms with Gasteiger partial charge in [-0.25, -0.2) is 4.39 Å². The molecule has 200 valence electrons. The van der Waals surface area contributed by atoms with Crippen molar-refractivity contribution < 1.29 is 19.0 Å². The van der Waals surface area contributed by atoms with Crippen LogP contribution in [0.2, 0.25) is 5.02 Å². The lowest BCUT2D eigenvalue weighted by Crippen LogP contribution is -2.22. The van der Waals surface area contributed by atoms with Gasteiger partial charge in [-0.2, -0.15) is 5.26 Å². The summed E-state index contributed by atoms with van der Waals surface area (Å²) in [5.41, 5.74) is 2.91. The molecule has 3 aromatic rings. The van der Waals surface area contributed by atoms with E-state index in [2.05, 4.69) is 26.6 Å². The number of carbonyl (C=O) groups excluding carboxylic acids is 1. The summed E-state index contributed by atoms with van der Waals surface area (Å²) in [6.45, 7) is 3.48. The second kappa shape index (κ2) is 13.7. The Bertz CT molecular complexity index is 1330. The summed E-state index contributed by atoms with van der Waals surface area (Å²) in [7, 11) is 4.35. The van der Waals surface area contributed by atoms with Gasteiger partial charge in [-0.15, -0.1) is 0 Å². The van der Waals surface area contributed by atoms with Gasteiger partial charge < -0.3 is 20.5 Å². The Morgan fingerprint density at radius 3 is 2.63 bits per heavy atom. The fourth-order valence-electron chi connectivity index (χ4n) is 4.43. The number of fused-ring (bicyclic) bond motifs is 2. The molecule has 2 atom stereocenters. The van der Waals surface area contributed by atoms with Crippen molar-refractivity contribution in [2.45, 2.75) is 6.42 Å². The zero-order valence-corrected chi connectivity index (χ0v) is 22.3. The van der Waals surface area contributed by atoms with Crippen LogP contribution in [0.5, 0.6) is 5.75 Å². The number of ether oxygens (including phenoxy) is 1. The number of carbonyl (C=O) groups is 1. The molecular formula is C28H31ClFN5O3. The third-order valence-electron chi connectivity index (χ3n) is 6.40. The number of aromatic nitrogens is 1. The average molecular weight is 540 g/mol. The molecule has 8 nitrogen and oxygen atoms in total. The highest BCUT2D eigenvalue weighted by Gasteiger charge is 2.44. The van der Waals surface area contributed by atoms with Crippen LogP contribution in [-0.2, 0) is 4.79 Å². The van der Waals surface area contributed by atoms with Crippen molar-refractivity contribution in [1.82, 2.24) is 9.88 Å². The summed E-state index contributed by atoms with van der Waals surface area (Å²) in [4.78, 5) is 16.7. The first-order chi connectivity index (χ1) is 18.5. The molecule has 1 saturated carbocycles. The lowest BCUT2D eigenvalue weighted by atomic mass is 10.1. The minimum absolute atomic E-state index is 0.000507. The van der Waals surface area contributed by atoms with Crippen LogP contribution in [0.4, 0.5) is 21.5 Å². The van der Waals surface area contributed by atoms with Crippen LogP contribution in [0.3, 0.4) is 0 Å². The predicted octanol–water partition coefficient (Wildman–Crippen LogP) is 4.99. The first-order valence-electron chi connectivity index (χ1n) is 12.0. The fraction of sp³-hybridized carbons (Fsp3) is 0.321. The summed E-state index contributed by atoms with van der Waals surface area (Å²) in [5.74, 6) is 2.14. The molecule has 0 amide bonds. The Labute approximate surface area is 226 Å². The van der Waals surface area contributed by atoms with Gasteiger partial charge in [0.15, 0.2) is 0 Å². The number of allylic oxidation sites excluding steroid dienone is 1. The second-order valence-electron chi connectivity index (χ2n) is 8.77. The summed E-state index contributed by atoms with van der Waals surface area (Å²) in [6, 6.07) is 10.0. The van der Waals surface area contributed by atoms with Crippen molar-refractivity contribution in [2.75, 3.05) is 51.5 Å². The van der Waals surface area contributed by atoms with E-state index in [1.807, 2.05) is 12.1 Å². The van der Waals surface area contributed by atoms with Crippen LogP contribution in [-0.4, -0.2) is 62.2 Å². The molecule has 1 aliphatic heterocycles. The molecule has 2 aromatic carbocycles. The number of nitrogens with one attached hydrogen (secondary N) is 2. The minimum Gasteiger partial charge on any atom is -0.495 e. The summed E-state index contributed by atoms with van der Waals surface area (Å²) >= 11 is 5.84. The molecular weight excluding hydrogens is 509 g/mol. The molecule has 2 aliphatic rings. The van der Waals surface area contributed by atoms with Crippen LogP contribution in [0, 0.1) is 29.0 Å². The van der Waals surface area contributed by atoms with E-state index in [1.54, 1.807) is 32.4 Å². The number of methoxy groups -OCH3 is 1. The van der Waals surface area contributed by atoms with Gasteiger partial charge >= 0.3 is 0 Å². The van der Waals surface area contributed by atoms with Crippen molar-refractivity contribution in [3.63, 3.8) is 0 Å². The van der Waals surface area contributed by atoms with Crippen molar-refractivity contribution in [2.24, 2.45) is 11.8 Å². The maximum absolute atomic E-state index is 13.4. The number of pyridine rings is 1. The van der Waals surface area contributed by atoms with Crippen LogP contribution in [0.1, 0.15) is 12.0 Å². The first kappa shape index (κ1) is 28.9. The van der Waals surface area contributed by atoms with Gasteiger partial charge in [-0.05, 0) is 48.6 Å². The fourth-order valence-corrected chi connectivity index (χ4v) is 4.61. The van der Waals surface area contributed by atoms with E-state index in [4.69, 9.17) is 21.4 Å². The number of nitriles is 1. The molecule has 2 heterocycles. The third-order valence-corrected chi connectivity index (χ3v) is 6.69. The summed E-state index contributed by atoms with van der Waals surface area (Å²) < 4.78 is 18.7. The maximum Gasteiger partial charge on any atom is 0.144 e. The summed E-state index contributed by atoms with van der Waals surface area (Å²) in [5, 5.41) is 23.3. The SMILES string of the molecule is CNc1cc2c(Nc3ccc(F)c(Cl)c3)c(C#N)cnc2cc1OC.CO.O=C/C=C/CN1C[C@H]2C[C@H]2C1. The van der Waals surface area contributed by atoms with Crippen molar-refractivity contribution in [3.05, 3.63) is 65.1 Å². The molecule has 1 aromatic heterocycles. The molecule has 1 aliphatic carbocycles. The Morgan fingerprint density at radius 1 is 1.29 bits per heavy atom. The Kier molecular flexibility index (Phi) is 10.4. The Balaban J connectivity index is 0.000000255. The number of nitrogens with zero attached hydrogens (tertiary/aromatic N) is 3. The van der Waals surface area contributed by atoms with Crippen molar-refractivity contribution in [1.29, 1.82) is 5.26 Å².